The van der Waals surface area contributed by atoms with Crippen molar-refractivity contribution in [3.05, 3.63) is 69.7 Å². The monoisotopic (exact) mass is 388 g/mol. The van der Waals surface area contributed by atoms with Gasteiger partial charge in [-0.25, -0.2) is 0 Å². The Morgan fingerprint density at radius 2 is 1.81 bits per heavy atom. The first kappa shape index (κ1) is 18.7. The summed E-state index contributed by atoms with van der Waals surface area (Å²) in [5, 5.41) is 24.4. The van der Waals surface area contributed by atoms with Crippen LogP contribution in [0.2, 0.25) is 10.0 Å². The fourth-order valence-electron chi connectivity index (χ4n) is 4.10. The van der Waals surface area contributed by atoms with E-state index in [1.165, 1.54) is 0 Å². The third-order valence-electron chi connectivity index (χ3n) is 5.25. The second-order valence-corrected chi connectivity index (χ2v) is 7.92. The Morgan fingerprint density at radius 1 is 1.15 bits per heavy atom. The molecule has 0 bridgehead atoms. The number of nitrogens with one attached hydrogen (secondary N) is 1. The lowest BCUT2D eigenvalue weighted by molar-refractivity contribution is -0.139. The van der Waals surface area contributed by atoms with Gasteiger partial charge in [0.25, 0.3) is 0 Å². The van der Waals surface area contributed by atoms with E-state index in [9.17, 15) is 15.2 Å². The van der Waals surface area contributed by atoms with Crippen molar-refractivity contribution in [1.29, 1.82) is 5.26 Å². The summed E-state index contributed by atoms with van der Waals surface area (Å²) in [5.74, 6) is -1.63. The normalized spacial score (nSPS) is 27.0. The van der Waals surface area contributed by atoms with Gasteiger partial charge in [-0.3, -0.25) is 10.1 Å². The van der Waals surface area contributed by atoms with Crippen LogP contribution >= 0.6 is 23.2 Å². The van der Waals surface area contributed by atoms with Crippen LogP contribution in [0.25, 0.3) is 0 Å². The zero-order chi connectivity index (χ0) is 19.1. The van der Waals surface area contributed by atoms with Crippen molar-refractivity contribution in [2.75, 3.05) is 0 Å². The van der Waals surface area contributed by atoms with E-state index in [0.29, 0.717) is 15.6 Å². The number of carbonyl (C=O) groups is 1. The van der Waals surface area contributed by atoms with Crippen LogP contribution in [0.1, 0.15) is 30.9 Å². The molecule has 0 aliphatic carbocycles. The molecule has 6 heteroatoms. The van der Waals surface area contributed by atoms with Crippen molar-refractivity contribution >= 4 is 29.2 Å². The molecular formula is C20H18Cl2N2O2. The summed E-state index contributed by atoms with van der Waals surface area (Å²) < 4.78 is 0. The van der Waals surface area contributed by atoms with E-state index in [-0.39, 0.29) is 0 Å². The number of hydrogen-bond donors (Lipinski definition) is 2. The summed E-state index contributed by atoms with van der Waals surface area (Å²) in [6.07, 6.45) is 0. The van der Waals surface area contributed by atoms with E-state index in [1.54, 1.807) is 42.5 Å². The van der Waals surface area contributed by atoms with E-state index >= 15 is 0 Å². The predicted octanol–water partition coefficient (Wildman–Crippen LogP) is 4.37. The number of carboxylic acid groups (broad SMARTS) is 1. The van der Waals surface area contributed by atoms with Crippen molar-refractivity contribution in [2.45, 2.75) is 36.8 Å². The molecule has 1 heterocycles. The summed E-state index contributed by atoms with van der Waals surface area (Å²) in [4.78, 5) is 12.0. The number of carboxylic acids is 1. The lowest BCUT2D eigenvalue weighted by Crippen LogP contribution is -2.50. The first-order valence-corrected chi connectivity index (χ1v) is 8.92. The van der Waals surface area contributed by atoms with Crippen LogP contribution in [-0.2, 0) is 10.2 Å². The second-order valence-electron chi connectivity index (χ2n) is 7.04. The van der Waals surface area contributed by atoms with Gasteiger partial charge in [0.05, 0.1) is 6.07 Å². The molecule has 4 nitrogen and oxygen atoms in total. The largest absolute Gasteiger partial charge is 0.480 e. The molecule has 2 aromatic carbocycles. The Balaban J connectivity index is 2.31. The minimum atomic E-state index is -1.12. The van der Waals surface area contributed by atoms with E-state index in [2.05, 4.69) is 11.4 Å². The van der Waals surface area contributed by atoms with E-state index < -0.39 is 28.9 Å². The minimum Gasteiger partial charge on any atom is -0.480 e. The van der Waals surface area contributed by atoms with Crippen molar-refractivity contribution in [1.82, 2.24) is 5.32 Å². The number of halogens is 2. The van der Waals surface area contributed by atoms with Crippen molar-refractivity contribution in [3.63, 3.8) is 0 Å². The van der Waals surface area contributed by atoms with E-state index in [0.717, 1.165) is 5.56 Å². The molecule has 0 aromatic heterocycles. The molecule has 134 valence electrons. The number of aliphatic carboxylic acids is 1. The topological polar surface area (TPSA) is 73.1 Å². The lowest BCUT2D eigenvalue weighted by atomic mass is 9.60. The van der Waals surface area contributed by atoms with Crippen LogP contribution < -0.4 is 5.32 Å². The van der Waals surface area contributed by atoms with Gasteiger partial charge in [-0.05, 0) is 49.2 Å². The SMILES string of the molecule is CC1(C)NC(C(=O)O)C(c2cccc(Cl)c2)C1(C#N)c1ccc(Cl)cc1. The molecule has 2 N–H and O–H groups in total. The van der Waals surface area contributed by atoms with Crippen LogP contribution in [0.3, 0.4) is 0 Å². The predicted molar refractivity (Wildman–Crippen MR) is 102 cm³/mol. The first-order chi connectivity index (χ1) is 12.2. The number of hydrogen-bond acceptors (Lipinski definition) is 3. The molecule has 0 saturated carbocycles. The van der Waals surface area contributed by atoms with Gasteiger partial charge in [-0.2, -0.15) is 5.26 Å². The van der Waals surface area contributed by atoms with Gasteiger partial charge in [0.15, 0.2) is 0 Å². The Kier molecular flexibility index (Phi) is 4.74. The fourth-order valence-corrected chi connectivity index (χ4v) is 4.42. The highest BCUT2D eigenvalue weighted by atomic mass is 35.5. The summed E-state index contributed by atoms with van der Waals surface area (Å²) in [6, 6.07) is 15.6. The lowest BCUT2D eigenvalue weighted by Gasteiger charge is -2.39. The van der Waals surface area contributed by atoms with Crippen LogP contribution in [0, 0.1) is 11.3 Å². The zero-order valence-corrected chi connectivity index (χ0v) is 15.8. The average Bonchev–Trinajstić information content (AvgIpc) is 2.83. The molecule has 1 aliphatic rings. The van der Waals surface area contributed by atoms with Gasteiger partial charge in [0.2, 0.25) is 0 Å². The Labute approximate surface area is 162 Å². The minimum absolute atomic E-state index is 0.499. The van der Waals surface area contributed by atoms with Crippen LogP contribution in [0.4, 0.5) is 0 Å². The Morgan fingerprint density at radius 3 is 2.35 bits per heavy atom. The second kappa shape index (κ2) is 6.59. The van der Waals surface area contributed by atoms with Crippen LogP contribution in [0.5, 0.6) is 0 Å². The molecular weight excluding hydrogens is 371 g/mol. The highest BCUT2D eigenvalue weighted by molar-refractivity contribution is 6.30. The molecule has 3 unspecified atom stereocenters. The van der Waals surface area contributed by atoms with Crippen LogP contribution in [0.15, 0.2) is 48.5 Å². The maximum absolute atomic E-state index is 12.0. The quantitative estimate of drug-likeness (QED) is 0.818. The highest BCUT2D eigenvalue weighted by Crippen LogP contribution is 2.53. The zero-order valence-electron chi connectivity index (χ0n) is 14.3. The maximum Gasteiger partial charge on any atom is 0.321 e. The molecule has 3 atom stereocenters. The summed E-state index contributed by atoms with van der Waals surface area (Å²) >= 11 is 12.2. The molecule has 0 radical (unpaired) electrons. The molecule has 1 fully saturated rings. The van der Waals surface area contributed by atoms with E-state index in [1.807, 2.05) is 19.9 Å². The average molecular weight is 389 g/mol. The van der Waals surface area contributed by atoms with Crippen LogP contribution in [-0.4, -0.2) is 22.7 Å². The Hall–Kier alpha value is -2.06. The number of rotatable bonds is 3. The van der Waals surface area contributed by atoms with Gasteiger partial charge in [0.1, 0.15) is 11.5 Å². The molecule has 2 aromatic rings. The van der Waals surface area contributed by atoms with E-state index in [4.69, 9.17) is 23.2 Å². The molecule has 3 rings (SSSR count). The number of nitriles is 1. The fraction of sp³-hybridized carbons (Fsp3) is 0.300. The molecule has 0 amide bonds. The Bertz CT molecular complexity index is 889. The summed E-state index contributed by atoms with van der Waals surface area (Å²) in [7, 11) is 0. The molecule has 0 spiro atoms. The van der Waals surface area contributed by atoms with Gasteiger partial charge < -0.3 is 5.11 Å². The third kappa shape index (κ3) is 2.77. The number of benzene rings is 2. The standard InChI is InChI=1S/C20H18Cl2N2O2/c1-19(2)20(11-23,13-6-8-14(21)9-7-13)16(17(24-19)18(25)26)12-4-3-5-15(22)10-12/h3-10,16-17,24H,1-2H3,(H,25,26). The summed E-state index contributed by atoms with van der Waals surface area (Å²) in [6.45, 7) is 3.70. The molecule has 26 heavy (non-hydrogen) atoms. The summed E-state index contributed by atoms with van der Waals surface area (Å²) in [5.41, 5.74) is -0.494. The van der Waals surface area contributed by atoms with Gasteiger partial charge in [0, 0.05) is 21.5 Å². The smallest absolute Gasteiger partial charge is 0.321 e. The molecule has 1 saturated heterocycles. The molecule has 1 aliphatic heterocycles. The first-order valence-electron chi connectivity index (χ1n) is 8.16. The van der Waals surface area contributed by atoms with Gasteiger partial charge >= 0.3 is 5.97 Å². The third-order valence-corrected chi connectivity index (χ3v) is 5.74. The number of nitrogens with zero attached hydrogens (tertiary/aromatic N) is 1. The van der Waals surface area contributed by atoms with Crippen molar-refractivity contribution < 1.29 is 9.90 Å². The van der Waals surface area contributed by atoms with Gasteiger partial charge in [-0.1, -0.05) is 47.5 Å². The van der Waals surface area contributed by atoms with Crippen molar-refractivity contribution in [3.8, 4) is 6.07 Å². The highest BCUT2D eigenvalue weighted by Gasteiger charge is 2.63. The van der Waals surface area contributed by atoms with Gasteiger partial charge in [-0.15, -0.1) is 0 Å². The van der Waals surface area contributed by atoms with Crippen molar-refractivity contribution in [2.24, 2.45) is 0 Å². The maximum atomic E-state index is 12.0.